The number of hydrogen-bond donors (Lipinski definition) is 7. The van der Waals surface area contributed by atoms with E-state index in [1.165, 1.54) is 26.7 Å². The molecule has 4 aliphatic rings. The first kappa shape index (κ1) is 47.0. The van der Waals surface area contributed by atoms with E-state index in [-0.39, 0.29) is 34.5 Å². The number of hydrogen-bond acceptors (Lipinski definition) is 11. The summed E-state index contributed by atoms with van der Waals surface area (Å²) in [7, 11) is 0. The normalized spacial score (nSPS) is 35.9. The van der Waals surface area contributed by atoms with Gasteiger partial charge in [0.1, 0.15) is 6.10 Å². The van der Waals surface area contributed by atoms with Crippen LogP contribution in [-0.2, 0) is 23.9 Å². The van der Waals surface area contributed by atoms with E-state index in [0.717, 1.165) is 70.5 Å². The molecule has 0 aliphatic heterocycles. The summed E-state index contributed by atoms with van der Waals surface area (Å²) in [6.45, 7) is 21.2. The molecule has 0 bridgehead atoms. The Balaban J connectivity index is 0.000000493. The molecule has 0 spiro atoms. The van der Waals surface area contributed by atoms with Crippen molar-refractivity contribution in [2.75, 3.05) is 39.3 Å². The van der Waals surface area contributed by atoms with Gasteiger partial charge in [-0.3, -0.25) is 9.59 Å². The highest BCUT2D eigenvalue weighted by Gasteiger charge is 2.72. The maximum atomic E-state index is 12.7. The van der Waals surface area contributed by atoms with Crippen molar-refractivity contribution < 1.29 is 39.2 Å². The fourth-order valence-corrected chi connectivity index (χ4v) is 11.3. The SMILES string of the molecule is CC(=O)O[C@H]1C[C@@]2(C)[C@H](C[C@@H](O)C3[C@@]4(C)CC[C@@](O)(OC(C)=O)[C@@H](C)C4CC[C@@]32C)C1=C(CCC=C(C)C)C(=O)O.NCCCNCCCCNCCCN. The molecule has 0 aromatic heterocycles. The van der Waals surface area contributed by atoms with E-state index in [9.17, 15) is 29.7 Å². The predicted molar refractivity (Wildman–Crippen MR) is 216 cm³/mol. The van der Waals surface area contributed by atoms with Gasteiger partial charge < -0.3 is 46.9 Å². The van der Waals surface area contributed by atoms with Crippen LogP contribution in [-0.4, -0.2) is 90.5 Å². The van der Waals surface area contributed by atoms with Crippen LogP contribution in [0.5, 0.6) is 0 Å². The van der Waals surface area contributed by atoms with Gasteiger partial charge >= 0.3 is 17.9 Å². The summed E-state index contributed by atoms with van der Waals surface area (Å²) < 4.78 is 11.3. The molecule has 10 atom stereocenters. The number of unbranched alkanes of at least 4 members (excludes halogenated alkanes) is 1. The van der Waals surface area contributed by atoms with Crippen LogP contribution >= 0.6 is 0 Å². The molecule has 0 amide bonds. The van der Waals surface area contributed by atoms with E-state index in [4.69, 9.17) is 20.9 Å². The van der Waals surface area contributed by atoms with Gasteiger partial charge in [-0.15, -0.1) is 0 Å². The van der Waals surface area contributed by atoms with E-state index in [0.29, 0.717) is 49.7 Å². The second-order valence-corrected chi connectivity index (χ2v) is 17.9. The topological polar surface area (TPSA) is 206 Å². The van der Waals surface area contributed by atoms with E-state index in [1.807, 2.05) is 26.8 Å². The van der Waals surface area contributed by atoms with Crippen LogP contribution in [0.15, 0.2) is 22.8 Å². The highest BCUT2D eigenvalue weighted by molar-refractivity contribution is 5.88. The average Bonchev–Trinajstić information content (AvgIpc) is 3.36. The van der Waals surface area contributed by atoms with Gasteiger partial charge in [-0.05, 0) is 163 Å². The standard InChI is InChI=1S/C33H50O8.C10H26N4/c1-18(2)10-9-11-22(29(37)38)27-24-16-25(36)28-30(6)14-15-33(39,41-21(5)35)19(3)23(30)12-13-31(28,7)32(24,8)17-26(27)40-20(4)34;11-5-3-9-13-7-1-2-8-14-10-4-6-12/h10,19,23-26,28,36,39H,9,11-17H2,1-8H3,(H,37,38);13-14H,1-12H2/t19-,23?,24+,25+,26-,28?,30-,31-,32-,33+;/m0./s1. The lowest BCUT2D eigenvalue weighted by molar-refractivity contribution is -0.297. The lowest BCUT2D eigenvalue weighted by Gasteiger charge is -2.69. The number of nitrogens with one attached hydrogen (secondary N) is 2. The van der Waals surface area contributed by atoms with Gasteiger partial charge in [0.25, 0.3) is 0 Å². The van der Waals surface area contributed by atoms with Gasteiger partial charge in [-0.1, -0.05) is 39.3 Å². The first-order valence-corrected chi connectivity index (χ1v) is 21.0. The number of carbonyl (C=O) groups is 3. The summed E-state index contributed by atoms with van der Waals surface area (Å²) >= 11 is 0. The van der Waals surface area contributed by atoms with Crippen molar-refractivity contribution in [2.24, 2.45) is 51.4 Å². The number of aliphatic hydroxyl groups is 2. The van der Waals surface area contributed by atoms with E-state index < -0.39 is 41.3 Å². The van der Waals surface area contributed by atoms with Gasteiger partial charge in [0.15, 0.2) is 0 Å². The molecular formula is C43H76N4O8. The minimum absolute atomic E-state index is 0.0350. The largest absolute Gasteiger partial charge is 0.478 e. The maximum absolute atomic E-state index is 12.7. The predicted octanol–water partition coefficient (Wildman–Crippen LogP) is 5.20. The van der Waals surface area contributed by atoms with Crippen LogP contribution in [0.2, 0.25) is 0 Å². The molecular weight excluding hydrogens is 700 g/mol. The quantitative estimate of drug-likeness (QED) is 0.0335. The van der Waals surface area contributed by atoms with Gasteiger partial charge in [0.05, 0.1) is 6.10 Å². The molecule has 4 aliphatic carbocycles. The number of allylic oxidation sites excluding steroid dienone is 2. The Morgan fingerprint density at radius 1 is 0.873 bits per heavy atom. The van der Waals surface area contributed by atoms with Gasteiger partial charge in [-0.25, -0.2) is 4.79 Å². The summed E-state index contributed by atoms with van der Waals surface area (Å²) in [6.07, 6.45) is 9.59. The molecule has 4 fully saturated rings. The van der Waals surface area contributed by atoms with Crippen molar-refractivity contribution in [2.45, 2.75) is 150 Å². The van der Waals surface area contributed by atoms with Crippen LogP contribution in [0, 0.1) is 39.9 Å². The molecule has 0 radical (unpaired) electrons. The minimum atomic E-state index is -1.53. The zero-order valence-electron chi connectivity index (χ0n) is 35.3. The molecule has 316 valence electrons. The number of aliphatic carboxylic acids is 1. The number of nitrogens with two attached hydrogens (primary N) is 2. The number of ether oxygens (including phenoxy) is 2. The smallest absolute Gasteiger partial charge is 0.331 e. The zero-order chi connectivity index (χ0) is 41.2. The fraction of sp³-hybridized carbons (Fsp3) is 0.837. The third-order valence-corrected chi connectivity index (χ3v) is 14.1. The molecule has 4 rings (SSSR count). The molecule has 55 heavy (non-hydrogen) atoms. The summed E-state index contributed by atoms with van der Waals surface area (Å²) in [5.41, 5.74) is 11.7. The van der Waals surface area contributed by atoms with E-state index >= 15 is 0 Å². The number of carboxylic acids is 1. The van der Waals surface area contributed by atoms with E-state index in [1.54, 1.807) is 0 Å². The zero-order valence-corrected chi connectivity index (χ0v) is 35.3. The number of esters is 2. The van der Waals surface area contributed by atoms with Gasteiger partial charge in [-0.2, -0.15) is 0 Å². The van der Waals surface area contributed by atoms with Crippen LogP contribution in [0.1, 0.15) is 132 Å². The fourth-order valence-electron chi connectivity index (χ4n) is 11.3. The number of fused-ring (bicyclic) bond motifs is 5. The molecule has 12 nitrogen and oxygen atoms in total. The van der Waals surface area contributed by atoms with Crippen molar-refractivity contribution in [1.29, 1.82) is 0 Å². The Kier molecular flexibility index (Phi) is 17.4. The first-order chi connectivity index (χ1) is 25.8. The number of rotatable bonds is 17. The first-order valence-electron chi connectivity index (χ1n) is 21.0. The molecule has 4 saturated carbocycles. The van der Waals surface area contributed by atoms with Crippen molar-refractivity contribution in [1.82, 2.24) is 10.6 Å². The maximum Gasteiger partial charge on any atom is 0.331 e. The van der Waals surface area contributed by atoms with Crippen molar-refractivity contribution in [3.8, 4) is 0 Å². The van der Waals surface area contributed by atoms with Crippen molar-refractivity contribution in [3.63, 3.8) is 0 Å². The average molecular weight is 777 g/mol. The van der Waals surface area contributed by atoms with E-state index in [2.05, 4.69) is 31.4 Å². The molecule has 12 heteroatoms. The Labute approximate surface area is 331 Å². The van der Waals surface area contributed by atoms with Gasteiger partial charge in [0, 0.05) is 31.8 Å². The number of aliphatic hydroxyl groups excluding tert-OH is 1. The van der Waals surface area contributed by atoms with Gasteiger partial charge in [0.2, 0.25) is 5.79 Å². The third-order valence-electron chi connectivity index (χ3n) is 14.1. The Bertz CT molecular complexity index is 1360. The summed E-state index contributed by atoms with van der Waals surface area (Å²) in [5, 5.41) is 40.5. The molecule has 9 N–H and O–H groups in total. The second-order valence-electron chi connectivity index (χ2n) is 17.9. The summed E-state index contributed by atoms with van der Waals surface area (Å²) in [4.78, 5) is 36.8. The third kappa shape index (κ3) is 10.8. The molecule has 0 saturated heterocycles. The molecule has 0 aromatic rings. The Morgan fingerprint density at radius 3 is 1.96 bits per heavy atom. The van der Waals surface area contributed by atoms with Crippen LogP contribution in [0.3, 0.4) is 0 Å². The monoisotopic (exact) mass is 777 g/mol. The van der Waals surface area contributed by atoms with Crippen molar-refractivity contribution in [3.05, 3.63) is 22.8 Å². The highest BCUT2D eigenvalue weighted by Crippen LogP contribution is 2.75. The Morgan fingerprint density at radius 2 is 1.45 bits per heavy atom. The highest BCUT2D eigenvalue weighted by atomic mass is 16.7. The molecule has 0 aromatic carbocycles. The molecule has 2 unspecified atom stereocenters. The van der Waals surface area contributed by atoms with Crippen molar-refractivity contribution >= 4 is 17.9 Å². The van der Waals surface area contributed by atoms with Crippen LogP contribution in [0.4, 0.5) is 0 Å². The summed E-state index contributed by atoms with van der Waals surface area (Å²) in [6, 6.07) is 0. The van der Waals surface area contributed by atoms with Crippen LogP contribution < -0.4 is 22.1 Å². The van der Waals surface area contributed by atoms with Crippen LogP contribution in [0.25, 0.3) is 0 Å². The Hall–Kier alpha value is -2.35. The lowest BCUT2D eigenvalue weighted by Crippen LogP contribution is -2.67. The number of carbonyl (C=O) groups excluding carboxylic acids is 2. The number of carboxylic acid groups (broad SMARTS) is 1. The second kappa shape index (κ2) is 20.4. The summed E-state index contributed by atoms with van der Waals surface area (Å²) in [5.74, 6) is -4.07. The lowest BCUT2D eigenvalue weighted by atomic mass is 9.36. The molecule has 0 heterocycles. The minimum Gasteiger partial charge on any atom is -0.478 e.